The second kappa shape index (κ2) is 7.70. The van der Waals surface area contributed by atoms with Gasteiger partial charge in [0, 0.05) is 18.5 Å². The molecule has 0 unspecified atom stereocenters. The minimum absolute atomic E-state index is 0.0783. The Morgan fingerprint density at radius 3 is 2.29 bits per heavy atom. The second-order valence-corrected chi connectivity index (χ2v) is 5.06. The number of carbonyl (C=O) groups is 1. The first-order valence-electron chi connectivity index (χ1n) is 7.15. The molecule has 17 heavy (non-hydrogen) atoms. The fourth-order valence-corrected chi connectivity index (χ4v) is 2.89. The summed E-state index contributed by atoms with van der Waals surface area (Å²) < 4.78 is 0. The van der Waals surface area contributed by atoms with E-state index in [1.54, 1.807) is 0 Å². The van der Waals surface area contributed by atoms with Crippen LogP contribution in [0.3, 0.4) is 0 Å². The summed E-state index contributed by atoms with van der Waals surface area (Å²) in [6.45, 7) is 4.82. The van der Waals surface area contributed by atoms with Crippen molar-refractivity contribution in [3.63, 3.8) is 0 Å². The molecule has 0 spiro atoms. The fraction of sp³-hybridized carbons (Fsp3) is 0.929. The number of rotatable bonds is 6. The average molecular weight is 241 g/mol. The number of amides is 1. The molecule has 0 aromatic rings. The number of hydrogen-bond donors (Lipinski definition) is 1. The van der Waals surface area contributed by atoms with Gasteiger partial charge >= 0.3 is 0 Å². The Kier molecular flexibility index (Phi) is 6.56. The molecule has 1 aliphatic carbocycles. The van der Waals surface area contributed by atoms with Crippen LogP contribution in [0.2, 0.25) is 0 Å². The van der Waals surface area contributed by atoms with Gasteiger partial charge in [-0.3, -0.25) is 4.79 Å². The molecule has 3 nitrogen and oxygen atoms in total. The topological polar surface area (TPSA) is 40.5 Å². The van der Waals surface area contributed by atoms with Crippen molar-refractivity contribution in [3.05, 3.63) is 0 Å². The highest BCUT2D eigenvalue weighted by molar-refractivity contribution is 5.79. The Morgan fingerprint density at radius 2 is 1.82 bits per heavy atom. The van der Waals surface area contributed by atoms with Crippen molar-refractivity contribution in [3.8, 4) is 0 Å². The molecule has 1 aliphatic rings. The molecule has 1 N–H and O–H groups in total. The van der Waals surface area contributed by atoms with E-state index in [1.165, 1.54) is 19.3 Å². The highest BCUT2D eigenvalue weighted by atomic mass is 16.3. The molecule has 1 fully saturated rings. The van der Waals surface area contributed by atoms with Gasteiger partial charge in [0.25, 0.3) is 0 Å². The van der Waals surface area contributed by atoms with Crippen molar-refractivity contribution in [2.75, 3.05) is 13.2 Å². The summed E-state index contributed by atoms with van der Waals surface area (Å²) in [6, 6.07) is 0.302. The molecular weight excluding hydrogens is 214 g/mol. The van der Waals surface area contributed by atoms with Crippen LogP contribution in [-0.4, -0.2) is 35.1 Å². The van der Waals surface area contributed by atoms with Crippen molar-refractivity contribution < 1.29 is 9.90 Å². The molecule has 1 amide bonds. The SMILES string of the molecule is CCC(CC)N(CCO)C(=O)C1CCCCC1. The minimum atomic E-state index is 0.0783. The largest absolute Gasteiger partial charge is 0.395 e. The van der Waals surface area contributed by atoms with E-state index in [4.69, 9.17) is 5.11 Å². The minimum Gasteiger partial charge on any atom is -0.395 e. The van der Waals surface area contributed by atoms with Crippen LogP contribution in [0, 0.1) is 5.92 Å². The number of hydrogen-bond acceptors (Lipinski definition) is 2. The van der Waals surface area contributed by atoms with Gasteiger partial charge in [-0.1, -0.05) is 33.1 Å². The molecule has 0 atom stereocenters. The first kappa shape index (κ1) is 14.5. The van der Waals surface area contributed by atoms with Gasteiger partial charge in [0.2, 0.25) is 5.91 Å². The van der Waals surface area contributed by atoms with E-state index < -0.39 is 0 Å². The zero-order valence-corrected chi connectivity index (χ0v) is 11.3. The average Bonchev–Trinajstić information content (AvgIpc) is 2.39. The molecule has 0 aromatic carbocycles. The van der Waals surface area contributed by atoms with Crippen molar-refractivity contribution in [2.45, 2.75) is 64.8 Å². The second-order valence-electron chi connectivity index (χ2n) is 5.06. The lowest BCUT2D eigenvalue weighted by Crippen LogP contribution is -2.45. The summed E-state index contributed by atoms with van der Waals surface area (Å²) in [5.74, 6) is 0.503. The monoisotopic (exact) mass is 241 g/mol. The van der Waals surface area contributed by atoms with Crippen LogP contribution < -0.4 is 0 Å². The maximum Gasteiger partial charge on any atom is 0.226 e. The summed E-state index contributed by atoms with van der Waals surface area (Å²) in [4.78, 5) is 14.4. The van der Waals surface area contributed by atoms with Gasteiger partial charge in [-0.25, -0.2) is 0 Å². The smallest absolute Gasteiger partial charge is 0.226 e. The summed E-state index contributed by atoms with van der Waals surface area (Å²) in [7, 11) is 0. The molecule has 0 aromatic heterocycles. The van der Waals surface area contributed by atoms with Crippen LogP contribution in [0.15, 0.2) is 0 Å². The van der Waals surface area contributed by atoms with Gasteiger partial charge in [0.05, 0.1) is 6.61 Å². The van der Waals surface area contributed by atoms with Crippen LogP contribution in [0.25, 0.3) is 0 Å². The van der Waals surface area contributed by atoms with Gasteiger partial charge in [0.1, 0.15) is 0 Å². The number of aliphatic hydroxyl groups is 1. The number of carbonyl (C=O) groups excluding carboxylic acids is 1. The van der Waals surface area contributed by atoms with E-state index in [0.717, 1.165) is 25.7 Å². The lowest BCUT2D eigenvalue weighted by Gasteiger charge is -2.34. The molecule has 3 heteroatoms. The van der Waals surface area contributed by atoms with Crippen molar-refractivity contribution in [1.82, 2.24) is 4.90 Å². The van der Waals surface area contributed by atoms with E-state index in [0.29, 0.717) is 12.6 Å². The quantitative estimate of drug-likeness (QED) is 0.776. The van der Waals surface area contributed by atoms with Crippen molar-refractivity contribution in [1.29, 1.82) is 0 Å². The summed E-state index contributed by atoms with van der Waals surface area (Å²) >= 11 is 0. The van der Waals surface area contributed by atoms with Gasteiger partial charge < -0.3 is 10.0 Å². The predicted molar refractivity (Wildman–Crippen MR) is 69.7 cm³/mol. The highest BCUT2D eigenvalue weighted by Gasteiger charge is 2.28. The Bertz CT molecular complexity index is 220. The van der Waals surface area contributed by atoms with Crippen molar-refractivity contribution in [2.24, 2.45) is 5.92 Å². The first-order valence-corrected chi connectivity index (χ1v) is 7.15. The van der Waals surface area contributed by atoms with Gasteiger partial charge in [-0.2, -0.15) is 0 Å². The first-order chi connectivity index (χ1) is 8.24. The molecule has 1 rings (SSSR count). The maximum atomic E-state index is 12.5. The third-order valence-corrected chi connectivity index (χ3v) is 3.96. The third kappa shape index (κ3) is 3.98. The zero-order chi connectivity index (χ0) is 12.7. The Labute approximate surface area is 105 Å². The number of nitrogens with zero attached hydrogens (tertiary/aromatic N) is 1. The van der Waals surface area contributed by atoms with Crippen LogP contribution in [0.5, 0.6) is 0 Å². The standard InChI is InChI=1S/C14H27NO2/c1-3-13(4-2)15(10-11-16)14(17)12-8-6-5-7-9-12/h12-13,16H,3-11H2,1-2H3. The highest BCUT2D eigenvalue weighted by Crippen LogP contribution is 2.26. The molecule has 1 saturated carbocycles. The van der Waals surface area contributed by atoms with Gasteiger partial charge in [-0.05, 0) is 25.7 Å². The molecule has 0 aliphatic heterocycles. The molecule has 100 valence electrons. The van der Waals surface area contributed by atoms with E-state index >= 15 is 0 Å². The number of aliphatic hydroxyl groups excluding tert-OH is 1. The molecule has 0 saturated heterocycles. The Hall–Kier alpha value is -0.570. The maximum absolute atomic E-state index is 12.5. The van der Waals surface area contributed by atoms with Gasteiger partial charge in [0.15, 0.2) is 0 Å². The van der Waals surface area contributed by atoms with Crippen LogP contribution >= 0.6 is 0 Å². The molecule has 0 radical (unpaired) electrons. The van der Waals surface area contributed by atoms with E-state index in [1.807, 2.05) is 4.90 Å². The summed E-state index contributed by atoms with van der Waals surface area (Å²) in [5, 5.41) is 9.13. The van der Waals surface area contributed by atoms with Gasteiger partial charge in [-0.15, -0.1) is 0 Å². The van der Waals surface area contributed by atoms with Crippen LogP contribution in [0.4, 0.5) is 0 Å². The fourth-order valence-electron chi connectivity index (χ4n) is 2.89. The third-order valence-electron chi connectivity index (χ3n) is 3.96. The summed E-state index contributed by atoms with van der Waals surface area (Å²) in [5.41, 5.74) is 0. The van der Waals surface area contributed by atoms with Crippen molar-refractivity contribution >= 4 is 5.91 Å². The zero-order valence-electron chi connectivity index (χ0n) is 11.3. The lowest BCUT2D eigenvalue weighted by atomic mass is 9.87. The normalized spacial score (nSPS) is 17.4. The predicted octanol–water partition coefficient (Wildman–Crippen LogP) is 2.58. The Morgan fingerprint density at radius 1 is 1.24 bits per heavy atom. The van der Waals surface area contributed by atoms with E-state index in [2.05, 4.69) is 13.8 Å². The van der Waals surface area contributed by atoms with E-state index in [9.17, 15) is 4.79 Å². The lowest BCUT2D eigenvalue weighted by molar-refractivity contribution is -0.139. The molecule has 0 bridgehead atoms. The Balaban J connectivity index is 2.63. The molecule has 0 heterocycles. The van der Waals surface area contributed by atoms with Crippen LogP contribution in [0.1, 0.15) is 58.8 Å². The molecular formula is C14H27NO2. The van der Waals surface area contributed by atoms with Crippen LogP contribution in [-0.2, 0) is 4.79 Å². The van der Waals surface area contributed by atoms with E-state index in [-0.39, 0.29) is 18.4 Å². The summed E-state index contributed by atoms with van der Waals surface area (Å²) in [6.07, 6.45) is 7.69.